The van der Waals surface area contributed by atoms with E-state index < -0.39 is 0 Å². The van der Waals surface area contributed by atoms with E-state index in [0.29, 0.717) is 12.4 Å². The molecule has 0 saturated carbocycles. The molecule has 2 aromatic rings. The molecule has 0 aliphatic carbocycles. The fourth-order valence-electron chi connectivity index (χ4n) is 2.88. The van der Waals surface area contributed by atoms with Crippen LogP contribution in [0.3, 0.4) is 0 Å². The van der Waals surface area contributed by atoms with Crippen molar-refractivity contribution in [3.8, 4) is 0 Å². The highest BCUT2D eigenvalue weighted by Gasteiger charge is 2.26. The highest BCUT2D eigenvalue weighted by Crippen LogP contribution is 2.23. The molecule has 0 radical (unpaired) electrons. The third-order valence-electron chi connectivity index (χ3n) is 4.03. The van der Waals surface area contributed by atoms with Gasteiger partial charge in [-0.2, -0.15) is 5.10 Å². The monoisotopic (exact) mass is 333 g/mol. The standard InChI is InChI=1S/C16H23N5O3/c1-10-6-7-13(24-10)11(2)17-16(22)18-12-5-4-8-21-15(12)19-14(20-21)9-23-3/h6-7,11-12H,4-5,8-9H2,1-3H3,(H2,17,18,22)/t11-,12+/m1/s1. The minimum atomic E-state index is -0.244. The molecule has 1 aliphatic rings. The molecular weight excluding hydrogens is 310 g/mol. The van der Waals surface area contributed by atoms with Gasteiger partial charge in [-0.25, -0.2) is 14.5 Å². The van der Waals surface area contributed by atoms with Gasteiger partial charge >= 0.3 is 6.03 Å². The van der Waals surface area contributed by atoms with Gasteiger partial charge in [0.15, 0.2) is 5.82 Å². The van der Waals surface area contributed by atoms with E-state index in [-0.39, 0.29) is 18.1 Å². The SMILES string of the molecule is COCc1nc2n(n1)CCC[C@@H]2NC(=O)N[C@H](C)c1ccc(C)o1. The third kappa shape index (κ3) is 3.59. The number of amides is 2. The van der Waals surface area contributed by atoms with E-state index in [1.54, 1.807) is 7.11 Å². The van der Waals surface area contributed by atoms with Crippen LogP contribution in [-0.4, -0.2) is 27.9 Å². The van der Waals surface area contributed by atoms with Gasteiger partial charge < -0.3 is 19.8 Å². The molecule has 8 heteroatoms. The quantitative estimate of drug-likeness (QED) is 0.875. The van der Waals surface area contributed by atoms with Crippen molar-refractivity contribution in [3.05, 3.63) is 35.3 Å². The Bertz CT molecular complexity index is 708. The summed E-state index contributed by atoms with van der Waals surface area (Å²) in [6.45, 7) is 4.95. The number of rotatable bonds is 5. The molecule has 2 amide bonds. The van der Waals surface area contributed by atoms with Gasteiger partial charge in [-0.15, -0.1) is 0 Å². The number of hydrogen-bond acceptors (Lipinski definition) is 5. The van der Waals surface area contributed by atoms with Gasteiger partial charge in [0.1, 0.15) is 24.0 Å². The van der Waals surface area contributed by atoms with Crippen LogP contribution >= 0.6 is 0 Å². The second-order valence-electron chi connectivity index (χ2n) is 6.03. The van der Waals surface area contributed by atoms with Gasteiger partial charge in [0.25, 0.3) is 0 Å². The molecule has 0 fully saturated rings. The maximum atomic E-state index is 12.3. The summed E-state index contributed by atoms with van der Waals surface area (Å²) in [5.41, 5.74) is 0. The first-order valence-electron chi connectivity index (χ1n) is 8.12. The Morgan fingerprint density at radius 3 is 3.08 bits per heavy atom. The number of hydrogen-bond donors (Lipinski definition) is 2. The van der Waals surface area contributed by atoms with Crippen LogP contribution in [0.15, 0.2) is 16.5 Å². The number of ether oxygens (including phenoxy) is 1. The van der Waals surface area contributed by atoms with Crippen LogP contribution in [0.4, 0.5) is 4.79 Å². The maximum Gasteiger partial charge on any atom is 0.315 e. The summed E-state index contributed by atoms with van der Waals surface area (Å²) in [7, 11) is 1.61. The molecule has 3 heterocycles. The first-order valence-corrected chi connectivity index (χ1v) is 8.12. The molecule has 3 rings (SSSR count). The van der Waals surface area contributed by atoms with Crippen LogP contribution in [0, 0.1) is 6.92 Å². The van der Waals surface area contributed by atoms with Crippen molar-refractivity contribution in [1.82, 2.24) is 25.4 Å². The van der Waals surface area contributed by atoms with Crippen LogP contribution in [0.1, 0.15) is 55.0 Å². The zero-order valence-corrected chi connectivity index (χ0v) is 14.2. The zero-order valence-electron chi connectivity index (χ0n) is 14.2. The molecule has 1 aliphatic heterocycles. The van der Waals surface area contributed by atoms with E-state index in [2.05, 4.69) is 20.7 Å². The molecule has 2 aromatic heterocycles. The summed E-state index contributed by atoms with van der Waals surface area (Å²) in [6.07, 6.45) is 1.79. The third-order valence-corrected chi connectivity index (χ3v) is 4.03. The van der Waals surface area contributed by atoms with Crippen molar-refractivity contribution in [3.63, 3.8) is 0 Å². The predicted octanol–water partition coefficient (Wildman–Crippen LogP) is 2.22. The number of carbonyl (C=O) groups excluding carboxylic acids is 1. The highest BCUT2D eigenvalue weighted by molar-refractivity contribution is 5.74. The summed E-state index contributed by atoms with van der Waals surface area (Å²) in [6, 6.07) is 3.15. The van der Waals surface area contributed by atoms with E-state index in [1.807, 2.05) is 30.7 Å². The van der Waals surface area contributed by atoms with Crippen molar-refractivity contribution >= 4 is 6.03 Å². The number of nitrogens with zero attached hydrogens (tertiary/aromatic N) is 3. The van der Waals surface area contributed by atoms with Crippen LogP contribution < -0.4 is 10.6 Å². The lowest BCUT2D eigenvalue weighted by Gasteiger charge is -2.24. The second-order valence-corrected chi connectivity index (χ2v) is 6.03. The van der Waals surface area contributed by atoms with Gasteiger partial charge in [0.2, 0.25) is 0 Å². The van der Waals surface area contributed by atoms with E-state index in [0.717, 1.165) is 36.7 Å². The zero-order chi connectivity index (χ0) is 17.1. The lowest BCUT2D eigenvalue weighted by Crippen LogP contribution is -2.41. The molecular formula is C16H23N5O3. The van der Waals surface area contributed by atoms with Crippen LogP contribution in [0.25, 0.3) is 0 Å². The van der Waals surface area contributed by atoms with Crippen molar-refractivity contribution in [2.45, 2.75) is 51.9 Å². The fourth-order valence-corrected chi connectivity index (χ4v) is 2.88. The number of fused-ring (bicyclic) bond motifs is 1. The molecule has 0 bridgehead atoms. The summed E-state index contributed by atoms with van der Waals surface area (Å²) in [5, 5.41) is 10.3. The lowest BCUT2D eigenvalue weighted by molar-refractivity contribution is 0.177. The molecule has 2 atom stereocenters. The summed E-state index contributed by atoms with van der Waals surface area (Å²) >= 11 is 0. The topological polar surface area (TPSA) is 94.2 Å². The number of aromatic nitrogens is 3. The number of urea groups is 1. The molecule has 8 nitrogen and oxygen atoms in total. The average Bonchev–Trinajstić information content (AvgIpc) is 3.14. The second kappa shape index (κ2) is 7.04. The summed E-state index contributed by atoms with van der Waals surface area (Å²) < 4.78 is 12.5. The average molecular weight is 333 g/mol. The molecule has 0 saturated heterocycles. The van der Waals surface area contributed by atoms with Crippen LogP contribution in [-0.2, 0) is 17.9 Å². The van der Waals surface area contributed by atoms with Gasteiger partial charge in [0.05, 0.1) is 12.1 Å². The Balaban J connectivity index is 1.63. The van der Waals surface area contributed by atoms with Gasteiger partial charge in [0, 0.05) is 13.7 Å². The van der Waals surface area contributed by atoms with Crippen molar-refractivity contribution < 1.29 is 13.9 Å². The summed E-state index contributed by atoms with van der Waals surface area (Å²) in [4.78, 5) is 16.8. The van der Waals surface area contributed by atoms with Crippen LogP contribution in [0.2, 0.25) is 0 Å². The largest absolute Gasteiger partial charge is 0.464 e. The Labute approximate surface area is 140 Å². The number of nitrogens with one attached hydrogen (secondary N) is 2. The minimum Gasteiger partial charge on any atom is -0.464 e. The Morgan fingerprint density at radius 1 is 1.54 bits per heavy atom. The summed E-state index contributed by atoms with van der Waals surface area (Å²) in [5.74, 6) is 2.98. The molecule has 130 valence electrons. The minimum absolute atomic E-state index is 0.151. The Kier molecular flexibility index (Phi) is 4.84. The van der Waals surface area contributed by atoms with Gasteiger partial charge in [-0.05, 0) is 38.8 Å². The van der Waals surface area contributed by atoms with Crippen molar-refractivity contribution in [2.75, 3.05) is 7.11 Å². The normalized spacial score (nSPS) is 18.0. The number of aryl methyl sites for hydroxylation is 2. The molecule has 0 unspecified atom stereocenters. The fraction of sp³-hybridized carbons (Fsp3) is 0.562. The smallest absolute Gasteiger partial charge is 0.315 e. The molecule has 0 spiro atoms. The van der Waals surface area contributed by atoms with Gasteiger partial charge in [-0.3, -0.25) is 0 Å². The number of furan rings is 1. The van der Waals surface area contributed by atoms with E-state index in [4.69, 9.17) is 9.15 Å². The van der Waals surface area contributed by atoms with Crippen molar-refractivity contribution in [2.24, 2.45) is 0 Å². The van der Waals surface area contributed by atoms with Crippen LogP contribution in [0.5, 0.6) is 0 Å². The first-order chi connectivity index (χ1) is 11.6. The Morgan fingerprint density at radius 2 is 2.38 bits per heavy atom. The van der Waals surface area contributed by atoms with E-state index >= 15 is 0 Å². The van der Waals surface area contributed by atoms with Crippen molar-refractivity contribution in [1.29, 1.82) is 0 Å². The molecule has 0 aromatic carbocycles. The molecule has 2 N–H and O–H groups in total. The van der Waals surface area contributed by atoms with Gasteiger partial charge in [-0.1, -0.05) is 0 Å². The lowest BCUT2D eigenvalue weighted by atomic mass is 10.1. The number of carbonyl (C=O) groups is 1. The number of methoxy groups -OCH3 is 1. The highest BCUT2D eigenvalue weighted by atomic mass is 16.5. The Hall–Kier alpha value is -2.35. The maximum absolute atomic E-state index is 12.3. The van der Waals surface area contributed by atoms with E-state index in [9.17, 15) is 4.79 Å². The first kappa shape index (κ1) is 16.5. The predicted molar refractivity (Wildman–Crippen MR) is 86.2 cm³/mol. The molecule has 24 heavy (non-hydrogen) atoms. The van der Waals surface area contributed by atoms with E-state index in [1.165, 1.54) is 0 Å².